The highest BCUT2D eigenvalue weighted by Gasteiger charge is 2.28. The van der Waals surface area contributed by atoms with Gasteiger partial charge in [-0.15, -0.1) is 11.8 Å². The summed E-state index contributed by atoms with van der Waals surface area (Å²) in [4.78, 5) is 23.5. The first-order valence-electron chi connectivity index (χ1n) is 7.02. The summed E-state index contributed by atoms with van der Waals surface area (Å²) < 4.78 is 10.4. The van der Waals surface area contributed by atoms with Gasteiger partial charge in [-0.3, -0.25) is 4.79 Å². The first-order chi connectivity index (χ1) is 9.45. The quantitative estimate of drug-likeness (QED) is 0.726. The van der Waals surface area contributed by atoms with Crippen molar-refractivity contribution in [2.75, 3.05) is 23.9 Å². The van der Waals surface area contributed by atoms with E-state index in [9.17, 15) is 9.59 Å². The molecule has 0 N–H and O–H groups in total. The third kappa shape index (κ3) is 6.39. The standard InChI is InChI=1S/C14H24O4S2/c1-4-14(2,3)13(16)17-9-11(15)18-12-10-19-7-5-6-8-20-12/h12H,4-10H2,1-3H3. The number of carbonyl (C=O) groups excluding carboxylic acids is 2. The van der Waals surface area contributed by atoms with Crippen LogP contribution >= 0.6 is 23.5 Å². The van der Waals surface area contributed by atoms with E-state index in [2.05, 4.69) is 0 Å². The van der Waals surface area contributed by atoms with E-state index in [4.69, 9.17) is 9.47 Å². The number of esters is 2. The van der Waals surface area contributed by atoms with E-state index >= 15 is 0 Å². The summed E-state index contributed by atoms with van der Waals surface area (Å²) in [7, 11) is 0. The van der Waals surface area contributed by atoms with Gasteiger partial charge in [0.1, 0.15) is 0 Å². The van der Waals surface area contributed by atoms with Crippen molar-refractivity contribution < 1.29 is 19.1 Å². The highest BCUT2D eigenvalue weighted by atomic mass is 32.2. The van der Waals surface area contributed by atoms with Gasteiger partial charge in [-0.25, -0.2) is 4.79 Å². The third-order valence-corrected chi connectivity index (χ3v) is 5.75. The molecule has 20 heavy (non-hydrogen) atoms. The third-order valence-electron chi connectivity index (χ3n) is 3.26. The molecule has 0 aromatic heterocycles. The lowest BCUT2D eigenvalue weighted by molar-refractivity contribution is -0.165. The van der Waals surface area contributed by atoms with Crippen LogP contribution in [-0.2, 0) is 19.1 Å². The lowest BCUT2D eigenvalue weighted by Gasteiger charge is -2.21. The molecule has 0 aliphatic carbocycles. The summed E-state index contributed by atoms with van der Waals surface area (Å²) in [5.41, 5.74) is -0.670. The Bertz CT molecular complexity index is 323. The Labute approximate surface area is 129 Å². The Balaban J connectivity index is 2.30. The molecule has 1 saturated heterocycles. The van der Waals surface area contributed by atoms with Gasteiger partial charge in [-0.2, -0.15) is 11.8 Å². The fourth-order valence-electron chi connectivity index (χ4n) is 1.46. The van der Waals surface area contributed by atoms with Crippen molar-refractivity contribution in [3.63, 3.8) is 0 Å². The molecule has 1 rings (SSSR count). The minimum atomic E-state index is -0.550. The fraction of sp³-hybridized carbons (Fsp3) is 0.857. The molecular formula is C14H24O4S2. The summed E-state index contributed by atoms with van der Waals surface area (Å²) in [5, 5.41) is 0. The van der Waals surface area contributed by atoms with Crippen molar-refractivity contribution in [2.45, 2.75) is 45.5 Å². The van der Waals surface area contributed by atoms with Crippen LogP contribution in [0, 0.1) is 5.41 Å². The van der Waals surface area contributed by atoms with Gasteiger partial charge in [0.25, 0.3) is 0 Å². The second-order valence-electron chi connectivity index (χ2n) is 5.39. The van der Waals surface area contributed by atoms with Crippen molar-refractivity contribution in [2.24, 2.45) is 5.41 Å². The Hall–Kier alpha value is -0.360. The number of rotatable bonds is 5. The first kappa shape index (κ1) is 17.7. The normalized spacial score (nSPS) is 20.6. The molecule has 0 saturated carbocycles. The van der Waals surface area contributed by atoms with Gasteiger partial charge in [0.15, 0.2) is 12.0 Å². The van der Waals surface area contributed by atoms with Crippen LogP contribution in [0.3, 0.4) is 0 Å². The zero-order valence-corrected chi connectivity index (χ0v) is 14.1. The van der Waals surface area contributed by atoms with Crippen molar-refractivity contribution in [3.8, 4) is 0 Å². The number of hydrogen-bond donors (Lipinski definition) is 0. The minimum absolute atomic E-state index is 0.120. The SMILES string of the molecule is CCC(C)(C)C(=O)OCC(=O)OC1CSCCCCS1. The summed E-state index contributed by atoms with van der Waals surface area (Å²) in [6, 6.07) is 0. The average molecular weight is 320 g/mol. The second kappa shape index (κ2) is 8.82. The zero-order chi connectivity index (χ0) is 15.0. The second-order valence-corrected chi connectivity index (χ2v) is 7.80. The van der Waals surface area contributed by atoms with Crippen LogP contribution in [-0.4, -0.2) is 41.2 Å². The van der Waals surface area contributed by atoms with Crippen LogP contribution in [0.15, 0.2) is 0 Å². The molecule has 116 valence electrons. The van der Waals surface area contributed by atoms with Crippen molar-refractivity contribution >= 4 is 35.5 Å². The minimum Gasteiger partial charge on any atom is -0.453 e. The van der Waals surface area contributed by atoms with Gasteiger partial charge in [-0.1, -0.05) is 6.92 Å². The fourth-order valence-corrected chi connectivity index (χ4v) is 3.78. The Kier molecular flexibility index (Phi) is 7.80. The highest BCUT2D eigenvalue weighted by molar-refractivity contribution is 8.03. The van der Waals surface area contributed by atoms with E-state index in [-0.39, 0.29) is 18.0 Å². The molecule has 1 atom stereocenters. The van der Waals surface area contributed by atoms with Gasteiger partial charge >= 0.3 is 11.9 Å². The molecule has 1 heterocycles. The van der Waals surface area contributed by atoms with Crippen LogP contribution in [0.5, 0.6) is 0 Å². The van der Waals surface area contributed by atoms with Gasteiger partial charge in [0.2, 0.25) is 0 Å². The maximum atomic E-state index is 11.8. The summed E-state index contributed by atoms with van der Waals surface area (Å²) >= 11 is 3.47. The average Bonchev–Trinajstić information content (AvgIpc) is 2.38. The first-order valence-corrected chi connectivity index (χ1v) is 9.22. The Morgan fingerprint density at radius 2 is 1.95 bits per heavy atom. The molecule has 1 fully saturated rings. The summed E-state index contributed by atoms with van der Waals surface area (Å²) in [6.07, 6.45) is 3.06. The van der Waals surface area contributed by atoms with Crippen LogP contribution in [0.4, 0.5) is 0 Å². The number of ether oxygens (including phenoxy) is 2. The predicted octanol–water partition coefficient (Wildman–Crippen LogP) is 3.10. The van der Waals surface area contributed by atoms with Gasteiger partial charge < -0.3 is 9.47 Å². The smallest absolute Gasteiger partial charge is 0.345 e. The van der Waals surface area contributed by atoms with Crippen LogP contribution in [0.1, 0.15) is 40.0 Å². The van der Waals surface area contributed by atoms with Gasteiger partial charge in [-0.05, 0) is 44.6 Å². The maximum Gasteiger partial charge on any atom is 0.345 e. The van der Waals surface area contributed by atoms with E-state index in [0.29, 0.717) is 6.42 Å². The molecule has 0 radical (unpaired) electrons. The van der Waals surface area contributed by atoms with Crippen LogP contribution < -0.4 is 0 Å². The highest BCUT2D eigenvalue weighted by Crippen LogP contribution is 2.24. The summed E-state index contributed by atoms with van der Waals surface area (Å²) in [6.45, 7) is 5.25. The lowest BCUT2D eigenvalue weighted by Crippen LogP contribution is -2.29. The van der Waals surface area contributed by atoms with Gasteiger partial charge in [0, 0.05) is 5.75 Å². The lowest BCUT2D eigenvalue weighted by atomic mass is 9.91. The maximum absolute atomic E-state index is 11.8. The molecule has 0 spiro atoms. The molecule has 0 aromatic carbocycles. The van der Waals surface area contributed by atoms with Gasteiger partial charge in [0.05, 0.1) is 5.41 Å². The molecule has 6 heteroatoms. The molecule has 1 unspecified atom stereocenters. The van der Waals surface area contributed by atoms with E-state index in [1.807, 2.05) is 20.8 Å². The molecule has 1 aliphatic rings. The number of thioether (sulfide) groups is 2. The zero-order valence-electron chi connectivity index (χ0n) is 12.5. The van der Waals surface area contributed by atoms with E-state index in [1.165, 1.54) is 6.42 Å². The van der Waals surface area contributed by atoms with Crippen molar-refractivity contribution in [1.29, 1.82) is 0 Å². The Morgan fingerprint density at radius 3 is 2.65 bits per heavy atom. The van der Waals surface area contributed by atoms with Crippen LogP contribution in [0.25, 0.3) is 0 Å². The molecule has 0 aromatic rings. The van der Waals surface area contributed by atoms with Crippen molar-refractivity contribution in [1.82, 2.24) is 0 Å². The van der Waals surface area contributed by atoms with E-state index in [1.54, 1.807) is 23.5 Å². The monoisotopic (exact) mass is 320 g/mol. The van der Waals surface area contributed by atoms with E-state index in [0.717, 1.165) is 23.7 Å². The van der Waals surface area contributed by atoms with Crippen LogP contribution in [0.2, 0.25) is 0 Å². The number of carbonyl (C=O) groups is 2. The van der Waals surface area contributed by atoms with E-state index < -0.39 is 11.4 Å². The molecular weight excluding hydrogens is 296 g/mol. The molecule has 0 bridgehead atoms. The topological polar surface area (TPSA) is 52.6 Å². The largest absolute Gasteiger partial charge is 0.453 e. The molecule has 0 amide bonds. The summed E-state index contributed by atoms with van der Waals surface area (Å²) in [5.74, 6) is 2.14. The molecule has 1 aliphatic heterocycles. The predicted molar refractivity (Wildman–Crippen MR) is 83.9 cm³/mol. The molecule has 4 nitrogen and oxygen atoms in total. The Morgan fingerprint density at radius 1 is 1.25 bits per heavy atom. The number of hydrogen-bond acceptors (Lipinski definition) is 6. The van der Waals surface area contributed by atoms with Crippen molar-refractivity contribution in [3.05, 3.63) is 0 Å².